The van der Waals surface area contributed by atoms with Crippen LogP contribution in [0.1, 0.15) is 43.7 Å². The second kappa shape index (κ2) is 3.34. The summed E-state index contributed by atoms with van der Waals surface area (Å²) < 4.78 is 0. The zero-order valence-corrected chi connectivity index (χ0v) is 9.70. The van der Waals surface area contributed by atoms with Crippen LogP contribution in [0.3, 0.4) is 0 Å². The van der Waals surface area contributed by atoms with E-state index < -0.39 is 0 Å². The first kappa shape index (κ1) is 9.88. The first-order chi connectivity index (χ1) is 7.74. The maximum Gasteiger partial charge on any atom is 0.220 e. The van der Waals surface area contributed by atoms with Gasteiger partial charge in [-0.1, -0.05) is 37.1 Å². The molecule has 3 rings (SSSR count). The Morgan fingerprint density at radius 2 is 1.94 bits per heavy atom. The summed E-state index contributed by atoms with van der Waals surface area (Å²) in [7, 11) is 0. The minimum absolute atomic E-state index is 0.0441. The number of benzene rings is 1. The van der Waals surface area contributed by atoms with Gasteiger partial charge < -0.3 is 4.90 Å². The fourth-order valence-electron chi connectivity index (χ4n) is 3.49. The molecule has 16 heavy (non-hydrogen) atoms. The van der Waals surface area contributed by atoms with Crippen LogP contribution in [0.15, 0.2) is 24.3 Å². The van der Waals surface area contributed by atoms with Crippen LogP contribution in [0.2, 0.25) is 0 Å². The Labute approximate surface area is 96.3 Å². The minimum atomic E-state index is 0.0441. The Bertz CT molecular complexity index is 432. The molecule has 0 N–H and O–H groups in total. The van der Waals surface area contributed by atoms with Gasteiger partial charge in [-0.2, -0.15) is 0 Å². The monoisotopic (exact) mass is 215 g/mol. The lowest BCUT2D eigenvalue weighted by atomic mass is 9.88. The van der Waals surface area contributed by atoms with Crippen LogP contribution < -0.4 is 0 Å². The maximum absolute atomic E-state index is 11.8. The lowest BCUT2D eigenvalue weighted by molar-refractivity contribution is -0.135. The summed E-state index contributed by atoms with van der Waals surface area (Å²) >= 11 is 0. The molecule has 0 aromatic heterocycles. The summed E-state index contributed by atoms with van der Waals surface area (Å²) in [4.78, 5) is 13.9. The van der Waals surface area contributed by atoms with E-state index in [0.717, 1.165) is 19.4 Å². The first-order valence-corrected chi connectivity index (χ1v) is 6.11. The van der Waals surface area contributed by atoms with Crippen LogP contribution in [0.25, 0.3) is 0 Å². The molecule has 2 heteroatoms. The number of hydrogen-bond acceptors (Lipinski definition) is 1. The van der Waals surface area contributed by atoms with Gasteiger partial charge in [-0.05, 0) is 24.0 Å². The molecule has 84 valence electrons. The van der Waals surface area contributed by atoms with Gasteiger partial charge in [0.15, 0.2) is 0 Å². The Kier molecular flexibility index (Phi) is 2.06. The average molecular weight is 215 g/mol. The number of amides is 1. The van der Waals surface area contributed by atoms with E-state index in [2.05, 4.69) is 29.2 Å². The van der Waals surface area contributed by atoms with Crippen molar-refractivity contribution in [3.05, 3.63) is 35.4 Å². The Hall–Kier alpha value is -1.31. The van der Waals surface area contributed by atoms with Crippen molar-refractivity contribution in [2.45, 2.75) is 44.7 Å². The molecule has 1 heterocycles. The maximum atomic E-state index is 11.8. The molecule has 0 saturated heterocycles. The molecule has 1 saturated carbocycles. The zero-order chi connectivity index (χ0) is 11.2. The molecule has 0 radical (unpaired) electrons. The molecular formula is C14H17NO. The highest BCUT2D eigenvalue weighted by molar-refractivity contribution is 5.76. The van der Waals surface area contributed by atoms with E-state index in [-0.39, 0.29) is 11.4 Å². The topological polar surface area (TPSA) is 20.3 Å². The normalized spacial score (nSPS) is 21.4. The number of rotatable bonds is 0. The fourth-order valence-corrected chi connectivity index (χ4v) is 3.49. The molecule has 2 aliphatic rings. The van der Waals surface area contributed by atoms with Crippen molar-refractivity contribution >= 4 is 5.91 Å². The second-order valence-corrected chi connectivity index (χ2v) is 5.00. The predicted molar refractivity (Wildman–Crippen MR) is 62.8 cm³/mol. The van der Waals surface area contributed by atoms with Crippen molar-refractivity contribution in [1.82, 2.24) is 4.90 Å². The highest BCUT2D eigenvalue weighted by Gasteiger charge is 2.47. The Balaban J connectivity index is 2.13. The summed E-state index contributed by atoms with van der Waals surface area (Å²) in [6.45, 7) is 2.51. The summed E-state index contributed by atoms with van der Waals surface area (Å²) in [6.07, 6.45) is 4.78. The van der Waals surface area contributed by atoms with Crippen molar-refractivity contribution in [2.75, 3.05) is 0 Å². The quantitative estimate of drug-likeness (QED) is 0.651. The number of fused-ring (bicyclic) bond motifs is 2. The van der Waals surface area contributed by atoms with Crippen molar-refractivity contribution in [1.29, 1.82) is 0 Å². The van der Waals surface area contributed by atoms with Crippen LogP contribution >= 0.6 is 0 Å². The summed E-state index contributed by atoms with van der Waals surface area (Å²) in [5.74, 6) is 0.220. The molecule has 1 fully saturated rings. The van der Waals surface area contributed by atoms with Gasteiger partial charge in [0.1, 0.15) is 0 Å². The van der Waals surface area contributed by atoms with Crippen molar-refractivity contribution in [3.8, 4) is 0 Å². The van der Waals surface area contributed by atoms with Gasteiger partial charge in [-0.25, -0.2) is 0 Å². The van der Waals surface area contributed by atoms with Crippen molar-refractivity contribution < 1.29 is 4.79 Å². The van der Waals surface area contributed by atoms with Crippen LogP contribution in [0.5, 0.6) is 0 Å². The third kappa shape index (κ3) is 1.16. The van der Waals surface area contributed by atoms with E-state index in [1.165, 1.54) is 24.0 Å². The highest BCUT2D eigenvalue weighted by atomic mass is 16.2. The molecule has 0 atom stereocenters. The van der Waals surface area contributed by atoms with E-state index in [9.17, 15) is 4.79 Å². The molecule has 1 aromatic rings. The van der Waals surface area contributed by atoms with Crippen LogP contribution in [-0.4, -0.2) is 10.8 Å². The summed E-state index contributed by atoms with van der Waals surface area (Å²) in [5.41, 5.74) is 2.80. The summed E-state index contributed by atoms with van der Waals surface area (Å²) in [6, 6.07) is 8.55. The molecule has 0 unspecified atom stereocenters. The number of carbonyl (C=O) groups excluding carboxylic acids is 1. The van der Waals surface area contributed by atoms with E-state index in [0.29, 0.717) is 0 Å². The summed E-state index contributed by atoms with van der Waals surface area (Å²) in [5, 5.41) is 0. The second-order valence-electron chi connectivity index (χ2n) is 5.00. The van der Waals surface area contributed by atoms with Crippen molar-refractivity contribution in [2.24, 2.45) is 0 Å². The molecule has 1 aliphatic carbocycles. The van der Waals surface area contributed by atoms with Gasteiger partial charge in [0.2, 0.25) is 5.91 Å². The number of nitrogens with zero attached hydrogens (tertiary/aromatic N) is 1. The third-order valence-electron chi connectivity index (χ3n) is 4.17. The smallest absolute Gasteiger partial charge is 0.220 e. The predicted octanol–water partition coefficient (Wildman–Crippen LogP) is 2.82. The molecule has 2 nitrogen and oxygen atoms in total. The lowest BCUT2D eigenvalue weighted by Crippen LogP contribution is -2.41. The highest BCUT2D eigenvalue weighted by Crippen LogP contribution is 2.49. The van der Waals surface area contributed by atoms with E-state index >= 15 is 0 Å². The zero-order valence-electron chi connectivity index (χ0n) is 9.70. The van der Waals surface area contributed by atoms with Crippen LogP contribution in [0, 0.1) is 0 Å². The SMILES string of the molecule is CC(=O)N1Cc2ccccc2C12CCCC2. The van der Waals surface area contributed by atoms with Gasteiger partial charge in [-0.3, -0.25) is 4.79 Å². The minimum Gasteiger partial charge on any atom is -0.329 e. The first-order valence-electron chi connectivity index (χ1n) is 6.11. The molecular weight excluding hydrogens is 198 g/mol. The molecule has 1 spiro atoms. The molecule has 1 amide bonds. The standard InChI is InChI=1S/C14H17NO/c1-11(16)15-10-12-6-2-3-7-13(12)14(15)8-4-5-9-14/h2-3,6-7H,4-5,8-10H2,1H3. The number of hydrogen-bond donors (Lipinski definition) is 0. The van der Waals surface area contributed by atoms with Gasteiger partial charge in [0, 0.05) is 13.5 Å². The van der Waals surface area contributed by atoms with Gasteiger partial charge in [0.05, 0.1) is 5.54 Å². The Morgan fingerprint density at radius 1 is 1.25 bits per heavy atom. The average Bonchev–Trinajstić information content (AvgIpc) is 2.87. The third-order valence-corrected chi connectivity index (χ3v) is 4.17. The molecule has 1 aromatic carbocycles. The lowest BCUT2D eigenvalue weighted by Gasteiger charge is -2.35. The van der Waals surface area contributed by atoms with Crippen LogP contribution in [0.4, 0.5) is 0 Å². The van der Waals surface area contributed by atoms with Gasteiger partial charge in [-0.15, -0.1) is 0 Å². The largest absolute Gasteiger partial charge is 0.329 e. The molecule has 0 bridgehead atoms. The van der Waals surface area contributed by atoms with Crippen molar-refractivity contribution in [3.63, 3.8) is 0 Å². The Morgan fingerprint density at radius 3 is 2.62 bits per heavy atom. The van der Waals surface area contributed by atoms with Gasteiger partial charge in [0.25, 0.3) is 0 Å². The van der Waals surface area contributed by atoms with Crippen LogP contribution in [-0.2, 0) is 16.9 Å². The molecule has 1 aliphatic heterocycles. The fraction of sp³-hybridized carbons (Fsp3) is 0.500. The number of carbonyl (C=O) groups is 1. The van der Waals surface area contributed by atoms with E-state index in [1.807, 2.05) is 0 Å². The van der Waals surface area contributed by atoms with Gasteiger partial charge >= 0.3 is 0 Å². The van der Waals surface area contributed by atoms with E-state index in [4.69, 9.17) is 0 Å². The van der Waals surface area contributed by atoms with E-state index in [1.54, 1.807) is 6.92 Å².